The summed E-state index contributed by atoms with van der Waals surface area (Å²) in [6.07, 6.45) is 1.85. The van der Waals surface area contributed by atoms with Gasteiger partial charge in [-0.05, 0) is 19.1 Å². The van der Waals surface area contributed by atoms with E-state index in [1.165, 1.54) is 11.3 Å². The Morgan fingerprint density at radius 3 is 3.15 bits per heavy atom. The molecule has 6 heteroatoms. The van der Waals surface area contributed by atoms with Crippen molar-refractivity contribution in [3.8, 4) is 0 Å². The number of aromatic nitrogens is 1. The lowest BCUT2D eigenvalue weighted by atomic mass is 10.2. The third kappa shape index (κ3) is 3.32. The SMILES string of the molecule is C=CCSCCNC(=O)c1sc2nc(C)ccc2c1N. The molecule has 2 heterocycles. The van der Waals surface area contributed by atoms with E-state index in [2.05, 4.69) is 16.9 Å². The number of thioether (sulfide) groups is 1. The second-order valence-electron chi connectivity index (χ2n) is 4.27. The molecule has 0 aliphatic rings. The van der Waals surface area contributed by atoms with E-state index in [0.717, 1.165) is 27.4 Å². The number of hydrogen-bond donors (Lipinski definition) is 2. The number of anilines is 1. The molecule has 106 valence electrons. The molecule has 0 unspecified atom stereocenters. The molecule has 0 saturated carbocycles. The largest absolute Gasteiger partial charge is 0.397 e. The molecule has 0 bridgehead atoms. The predicted molar refractivity (Wildman–Crippen MR) is 88.6 cm³/mol. The quantitative estimate of drug-likeness (QED) is 0.636. The van der Waals surface area contributed by atoms with Crippen molar-refractivity contribution in [1.29, 1.82) is 0 Å². The number of nitrogen functional groups attached to an aromatic ring is 1. The number of nitrogens with two attached hydrogens (primary N) is 1. The van der Waals surface area contributed by atoms with Crippen LogP contribution in [0.5, 0.6) is 0 Å². The number of thiophene rings is 1. The van der Waals surface area contributed by atoms with Gasteiger partial charge in [0.1, 0.15) is 9.71 Å². The summed E-state index contributed by atoms with van der Waals surface area (Å²) in [5.41, 5.74) is 7.48. The lowest BCUT2D eigenvalue weighted by Crippen LogP contribution is -2.25. The van der Waals surface area contributed by atoms with E-state index >= 15 is 0 Å². The van der Waals surface area contributed by atoms with Crippen LogP contribution in [0.4, 0.5) is 5.69 Å². The van der Waals surface area contributed by atoms with Crippen molar-refractivity contribution in [2.45, 2.75) is 6.92 Å². The average Bonchev–Trinajstić information content (AvgIpc) is 2.75. The van der Waals surface area contributed by atoms with Crippen LogP contribution in [-0.4, -0.2) is 28.9 Å². The van der Waals surface area contributed by atoms with E-state index in [4.69, 9.17) is 5.73 Å². The Bertz CT molecular complexity index is 637. The number of aryl methyl sites for hydroxylation is 1. The molecular weight excluding hydrogens is 290 g/mol. The number of fused-ring (bicyclic) bond motifs is 1. The van der Waals surface area contributed by atoms with Gasteiger partial charge in [0, 0.05) is 29.1 Å². The first-order chi connectivity index (χ1) is 9.63. The van der Waals surface area contributed by atoms with Crippen molar-refractivity contribution < 1.29 is 4.79 Å². The highest BCUT2D eigenvalue weighted by Gasteiger charge is 2.16. The van der Waals surface area contributed by atoms with Gasteiger partial charge in [0.15, 0.2) is 0 Å². The van der Waals surface area contributed by atoms with Gasteiger partial charge in [0.25, 0.3) is 5.91 Å². The topological polar surface area (TPSA) is 68.0 Å². The summed E-state index contributed by atoms with van der Waals surface area (Å²) < 4.78 is 0. The molecule has 0 spiro atoms. The van der Waals surface area contributed by atoms with Gasteiger partial charge in [-0.3, -0.25) is 4.79 Å². The first-order valence-corrected chi connectivity index (χ1v) is 8.23. The highest BCUT2D eigenvalue weighted by molar-refractivity contribution is 7.99. The minimum absolute atomic E-state index is 0.123. The van der Waals surface area contributed by atoms with Crippen LogP contribution < -0.4 is 11.1 Å². The maximum absolute atomic E-state index is 12.1. The van der Waals surface area contributed by atoms with Gasteiger partial charge in [-0.25, -0.2) is 4.98 Å². The number of pyridine rings is 1. The molecule has 0 radical (unpaired) electrons. The summed E-state index contributed by atoms with van der Waals surface area (Å²) >= 11 is 3.07. The van der Waals surface area contributed by atoms with Crippen LogP contribution in [0.2, 0.25) is 0 Å². The molecule has 2 rings (SSSR count). The molecule has 3 N–H and O–H groups in total. The molecular formula is C14H17N3OS2. The van der Waals surface area contributed by atoms with E-state index in [0.29, 0.717) is 17.1 Å². The van der Waals surface area contributed by atoms with Crippen LogP contribution in [0.3, 0.4) is 0 Å². The Labute approximate surface area is 126 Å². The fraction of sp³-hybridized carbons (Fsp3) is 0.286. The Morgan fingerprint density at radius 1 is 1.60 bits per heavy atom. The smallest absolute Gasteiger partial charge is 0.263 e. The second-order valence-corrected chi connectivity index (χ2v) is 6.42. The highest BCUT2D eigenvalue weighted by Crippen LogP contribution is 2.32. The summed E-state index contributed by atoms with van der Waals surface area (Å²) in [5, 5.41) is 3.74. The number of hydrogen-bond acceptors (Lipinski definition) is 5. The van der Waals surface area contributed by atoms with Crippen molar-refractivity contribution in [1.82, 2.24) is 10.3 Å². The second kappa shape index (κ2) is 6.76. The van der Waals surface area contributed by atoms with Gasteiger partial charge >= 0.3 is 0 Å². The Hall–Kier alpha value is -1.53. The number of carbonyl (C=O) groups is 1. The number of nitrogens with one attached hydrogen (secondary N) is 1. The zero-order valence-electron chi connectivity index (χ0n) is 11.3. The fourth-order valence-corrected chi connectivity index (χ4v) is 3.38. The number of carbonyl (C=O) groups excluding carboxylic acids is 1. The predicted octanol–water partition coefficient (Wildman–Crippen LogP) is 2.84. The van der Waals surface area contributed by atoms with E-state index in [9.17, 15) is 4.79 Å². The number of rotatable bonds is 6. The third-order valence-electron chi connectivity index (χ3n) is 2.71. The summed E-state index contributed by atoms with van der Waals surface area (Å²) in [7, 11) is 0. The monoisotopic (exact) mass is 307 g/mol. The first kappa shape index (κ1) is 14.9. The molecule has 0 saturated heterocycles. The standard InChI is InChI=1S/C14H17N3OS2/c1-3-7-19-8-6-16-13(18)12-11(15)10-5-4-9(2)17-14(10)20-12/h3-5H,1,6-8,15H2,2H3,(H,16,18). The molecule has 0 aromatic carbocycles. The van der Waals surface area contributed by atoms with E-state index in [1.54, 1.807) is 11.8 Å². The fourth-order valence-electron chi connectivity index (χ4n) is 1.74. The van der Waals surface area contributed by atoms with Crippen LogP contribution in [0, 0.1) is 6.92 Å². The van der Waals surface area contributed by atoms with Crippen LogP contribution >= 0.6 is 23.1 Å². The molecule has 0 fully saturated rings. The molecule has 0 aliphatic carbocycles. The molecule has 2 aromatic rings. The molecule has 20 heavy (non-hydrogen) atoms. The van der Waals surface area contributed by atoms with Gasteiger partial charge < -0.3 is 11.1 Å². The Balaban J connectivity index is 2.06. The van der Waals surface area contributed by atoms with Gasteiger partial charge in [0.2, 0.25) is 0 Å². The van der Waals surface area contributed by atoms with Crippen molar-refractivity contribution in [3.63, 3.8) is 0 Å². The summed E-state index contributed by atoms with van der Waals surface area (Å²) in [6.45, 7) is 6.20. The summed E-state index contributed by atoms with van der Waals surface area (Å²) in [4.78, 5) is 17.9. The normalized spacial score (nSPS) is 10.7. The third-order valence-corrected chi connectivity index (χ3v) is 4.79. The van der Waals surface area contributed by atoms with Crippen molar-refractivity contribution >= 4 is 44.9 Å². The number of nitrogens with zero attached hydrogens (tertiary/aromatic N) is 1. The highest BCUT2D eigenvalue weighted by atomic mass is 32.2. The zero-order valence-corrected chi connectivity index (χ0v) is 12.9. The first-order valence-electron chi connectivity index (χ1n) is 6.26. The minimum atomic E-state index is -0.123. The zero-order chi connectivity index (χ0) is 14.5. The Kier molecular flexibility index (Phi) is 5.03. The van der Waals surface area contributed by atoms with Crippen LogP contribution in [0.25, 0.3) is 10.2 Å². The lowest BCUT2D eigenvalue weighted by Gasteiger charge is -2.03. The summed E-state index contributed by atoms with van der Waals surface area (Å²) in [6, 6.07) is 3.82. The van der Waals surface area contributed by atoms with Crippen molar-refractivity contribution in [2.24, 2.45) is 0 Å². The van der Waals surface area contributed by atoms with E-state index < -0.39 is 0 Å². The van der Waals surface area contributed by atoms with Gasteiger partial charge in [-0.15, -0.1) is 17.9 Å². The van der Waals surface area contributed by atoms with Gasteiger partial charge in [0.05, 0.1) is 5.69 Å². The van der Waals surface area contributed by atoms with Crippen molar-refractivity contribution in [2.75, 3.05) is 23.8 Å². The molecule has 4 nitrogen and oxygen atoms in total. The Morgan fingerprint density at radius 2 is 2.40 bits per heavy atom. The van der Waals surface area contributed by atoms with Crippen LogP contribution in [0.1, 0.15) is 15.4 Å². The average molecular weight is 307 g/mol. The van der Waals surface area contributed by atoms with Crippen LogP contribution in [-0.2, 0) is 0 Å². The van der Waals surface area contributed by atoms with E-state index in [-0.39, 0.29) is 5.91 Å². The lowest BCUT2D eigenvalue weighted by molar-refractivity contribution is 0.0961. The van der Waals surface area contributed by atoms with E-state index in [1.807, 2.05) is 25.1 Å². The number of amides is 1. The molecule has 1 amide bonds. The summed E-state index contributed by atoms with van der Waals surface area (Å²) in [5.74, 6) is 1.63. The van der Waals surface area contributed by atoms with Crippen molar-refractivity contribution in [3.05, 3.63) is 35.4 Å². The molecule has 0 atom stereocenters. The van der Waals surface area contributed by atoms with Crippen LogP contribution in [0.15, 0.2) is 24.8 Å². The minimum Gasteiger partial charge on any atom is -0.397 e. The molecule has 0 aliphatic heterocycles. The maximum Gasteiger partial charge on any atom is 0.263 e. The molecule has 2 aromatic heterocycles. The van der Waals surface area contributed by atoms with Gasteiger partial charge in [-0.1, -0.05) is 6.08 Å². The van der Waals surface area contributed by atoms with Gasteiger partial charge in [-0.2, -0.15) is 11.8 Å². The maximum atomic E-state index is 12.1.